The normalized spacial score (nSPS) is 17.2. The van der Waals surface area contributed by atoms with Gasteiger partial charge in [0.25, 0.3) is 0 Å². The molecule has 2 aromatic heterocycles. The van der Waals surface area contributed by atoms with Crippen LogP contribution in [0, 0.1) is 0 Å². The van der Waals surface area contributed by atoms with Crippen molar-refractivity contribution in [1.82, 2.24) is 4.98 Å². The van der Waals surface area contributed by atoms with Gasteiger partial charge >= 0.3 is 5.91 Å². The lowest BCUT2D eigenvalue weighted by molar-refractivity contribution is -0.847. The summed E-state index contributed by atoms with van der Waals surface area (Å²) in [4.78, 5) is 3.50. The molecule has 4 heteroatoms. The van der Waals surface area contributed by atoms with Crippen LogP contribution in [0.1, 0.15) is 13.3 Å². The number of nitrogens with one attached hydrogen (secondary N) is 1. The summed E-state index contributed by atoms with van der Waals surface area (Å²) in [5.74, 6) is -0.663. The molecule has 4 nitrogen and oxygen atoms in total. The molecule has 4 aromatic rings. The van der Waals surface area contributed by atoms with Gasteiger partial charge in [-0.2, -0.15) is 0 Å². The van der Waals surface area contributed by atoms with Crippen molar-refractivity contribution in [3.63, 3.8) is 0 Å². The highest BCUT2D eigenvalue weighted by Gasteiger charge is 2.45. The van der Waals surface area contributed by atoms with Crippen LogP contribution in [-0.4, -0.2) is 18.2 Å². The minimum Gasteiger partial charge on any atom is -0.354 e. The zero-order chi connectivity index (χ0) is 16.1. The summed E-state index contributed by atoms with van der Waals surface area (Å²) >= 11 is 0. The average molecular weight is 319 g/mol. The van der Waals surface area contributed by atoms with E-state index in [1.165, 1.54) is 32.6 Å². The Kier molecular flexibility index (Phi) is 2.93. The zero-order valence-electron chi connectivity index (χ0n) is 13.6. The maximum absolute atomic E-state index is 5.90. The number of hydrogen-bond donors (Lipinski definition) is 1. The van der Waals surface area contributed by atoms with Crippen LogP contribution in [0.2, 0.25) is 0 Å². The van der Waals surface area contributed by atoms with Crippen LogP contribution < -0.4 is 4.57 Å². The molecule has 0 radical (unpaired) electrons. The lowest BCUT2D eigenvalue weighted by Gasteiger charge is -2.19. The predicted molar refractivity (Wildman–Crippen MR) is 93.7 cm³/mol. The van der Waals surface area contributed by atoms with Crippen LogP contribution in [0.3, 0.4) is 0 Å². The van der Waals surface area contributed by atoms with Gasteiger partial charge in [-0.15, -0.1) is 4.57 Å². The highest BCUT2D eigenvalue weighted by molar-refractivity contribution is 6.11. The third kappa shape index (κ3) is 1.90. The lowest BCUT2D eigenvalue weighted by Crippen LogP contribution is -2.56. The van der Waals surface area contributed by atoms with Crippen molar-refractivity contribution in [3.8, 4) is 0 Å². The Bertz CT molecular complexity index is 1060. The van der Waals surface area contributed by atoms with Crippen molar-refractivity contribution in [2.24, 2.45) is 0 Å². The molecular weight excluding hydrogens is 300 g/mol. The fourth-order valence-electron chi connectivity index (χ4n) is 3.73. The van der Waals surface area contributed by atoms with Gasteiger partial charge < -0.3 is 4.98 Å². The molecule has 2 aromatic carbocycles. The van der Waals surface area contributed by atoms with E-state index in [9.17, 15) is 0 Å². The molecule has 5 rings (SSSR count). The molecule has 0 bridgehead atoms. The quantitative estimate of drug-likeness (QED) is 0.570. The van der Waals surface area contributed by atoms with E-state index in [1.54, 1.807) is 0 Å². The van der Waals surface area contributed by atoms with Gasteiger partial charge in [0.15, 0.2) is 12.4 Å². The molecule has 0 saturated carbocycles. The van der Waals surface area contributed by atoms with Gasteiger partial charge in [0, 0.05) is 33.3 Å². The number of aromatic amines is 1. The summed E-state index contributed by atoms with van der Waals surface area (Å²) in [5.41, 5.74) is 2.34. The molecule has 1 saturated heterocycles. The Labute approximate surface area is 139 Å². The monoisotopic (exact) mass is 319 g/mol. The second kappa shape index (κ2) is 5.03. The number of fused-ring (bicyclic) bond motifs is 4. The second-order valence-electron chi connectivity index (χ2n) is 6.31. The van der Waals surface area contributed by atoms with E-state index in [1.807, 2.05) is 6.20 Å². The first-order valence-corrected chi connectivity index (χ1v) is 8.43. The zero-order valence-corrected chi connectivity index (χ0v) is 13.6. The molecule has 0 spiro atoms. The fraction of sp³-hybridized carbons (Fsp3) is 0.250. The number of hydrogen-bond acceptors (Lipinski definition) is 2. The predicted octanol–water partition coefficient (Wildman–Crippen LogP) is 3.83. The highest BCUT2D eigenvalue weighted by atomic mass is 16.8. The van der Waals surface area contributed by atoms with E-state index in [0.717, 1.165) is 6.42 Å². The second-order valence-corrected chi connectivity index (χ2v) is 6.31. The minimum atomic E-state index is -0.663. The summed E-state index contributed by atoms with van der Waals surface area (Å²) in [6, 6.07) is 15.0. The maximum atomic E-state index is 5.90. The number of aromatic nitrogens is 2. The van der Waals surface area contributed by atoms with Crippen molar-refractivity contribution in [1.29, 1.82) is 0 Å². The minimum absolute atomic E-state index is 0.639. The van der Waals surface area contributed by atoms with Gasteiger partial charge in [-0.25, -0.2) is 0 Å². The van der Waals surface area contributed by atoms with Crippen LogP contribution in [0.15, 0.2) is 54.9 Å². The first-order chi connectivity index (χ1) is 11.8. The van der Waals surface area contributed by atoms with Crippen LogP contribution in [0.25, 0.3) is 32.6 Å². The largest absolute Gasteiger partial charge is 0.390 e. The summed E-state index contributed by atoms with van der Waals surface area (Å²) in [6.07, 6.45) is 4.95. The highest BCUT2D eigenvalue weighted by Crippen LogP contribution is 2.30. The molecule has 0 unspecified atom stereocenters. The molecule has 3 heterocycles. The van der Waals surface area contributed by atoms with Crippen LogP contribution in [0.5, 0.6) is 0 Å². The first-order valence-electron chi connectivity index (χ1n) is 8.43. The Morgan fingerprint density at radius 1 is 1.00 bits per heavy atom. The summed E-state index contributed by atoms with van der Waals surface area (Å²) < 4.78 is 13.9. The van der Waals surface area contributed by atoms with Gasteiger partial charge in [0.05, 0.1) is 19.6 Å². The number of para-hydroxylation sites is 1. The summed E-state index contributed by atoms with van der Waals surface area (Å²) in [6.45, 7) is 3.37. The smallest absolute Gasteiger partial charge is 0.354 e. The van der Waals surface area contributed by atoms with Gasteiger partial charge in [0.2, 0.25) is 0 Å². The average Bonchev–Trinajstić information content (AvgIpc) is 3.24. The van der Waals surface area contributed by atoms with E-state index < -0.39 is 5.91 Å². The molecule has 0 aliphatic carbocycles. The third-order valence-corrected chi connectivity index (χ3v) is 4.98. The summed E-state index contributed by atoms with van der Waals surface area (Å²) in [5, 5.41) is 4.88. The van der Waals surface area contributed by atoms with Crippen molar-refractivity contribution in [3.05, 3.63) is 54.9 Å². The molecule has 1 aliphatic rings. The van der Waals surface area contributed by atoms with E-state index in [0.29, 0.717) is 13.2 Å². The Balaban J connectivity index is 1.76. The lowest BCUT2D eigenvalue weighted by atomic mass is 10.1. The molecule has 1 fully saturated rings. The number of ether oxygens (including phenoxy) is 2. The first kappa shape index (κ1) is 14.0. The van der Waals surface area contributed by atoms with Crippen molar-refractivity contribution >= 4 is 32.6 Å². The van der Waals surface area contributed by atoms with Crippen LogP contribution in [-0.2, 0) is 15.4 Å². The van der Waals surface area contributed by atoms with E-state index >= 15 is 0 Å². The topological polar surface area (TPSA) is 38.1 Å². The SMILES string of the molecule is CCC1([n+]2ccc3cc4[nH]c5ccccc5c4cc3c2)OCCO1. The molecular formula is C20H19N2O2+. The van der Waals surface area contributed by atoms with Gasteiger partial charge in [-0.05, 0) is 23.6 Å². The van der Waals surface area contributed by atoms with Crippen LogP contribution >= 0.6 is 0 Å². The Morgan fingerprint density at radius 2 is 1.83 bits per heavy atom. The number of benzene rings is 2. The van der Waals surface area contributed by atoms with Crippen molar-refractivity contribution < 1.29 is 14.0 Å². The van der Waals surface area contributed by atoms with Gasteiger partial charge in [0.1, 0.15) is 0 Å². The fourth-order valence-corrected chi connectivity index (χ4v) is 3.73. The molecule has 120 valence electrons. The van der Waals surface area contributed by atoms with Crippen molar-refractivity contribution in [2.45, 2.75) is 19.3 Å². The molecule has 24 heavy (non-hydrogen) atoms. The molecule has 1 N–H and O–H groups in total. The van der Waals surface area contributed by atoms with Gasteiger partial charge in [-0.3, -0.25) is 9.47 Å². The summed E-state index contributed by atoms with van der Waals surface area (Å²) in [7, 11) is 0. The van der Waals surface area contributed by atoms with Gasteiger partial charge in [-0.1, -0.05) is 25.1 Å². The molecule has 0 amide bonds. The van der Waals surface area contributed by atoms with E-state index in [-0.39, 0.29) is 0 Å². The van der Waals surface area contributed by atoms with Crippen molar-refractivity contribution in [2.75, 3.05) is 13.2 Å². The Hall–Kier alpha value is -2.43. The molecule has 0 atom stereocenters. The Morgan fingerprint density at radius 3 is 2.67 bits per heavy atom. The third-order valence-electron chi connectivity index (χ3n) is 4.98. The maximum Gasteiger partial charge on any atom is 0.390 e. The van der Waals surface area contributed by atoms with E-state index in [2.05, 4.69) is 65.1 Å². The van der Waals surface area contributed by atoms with Crippen LogP contribution in [0.4, 0.5) is 0 Å². The number of pyridine rings is 1. The number of nitrogens with zero attached hydrogens (tertiary/aromatic N) is 1. The van der Waals surface area contributed by atoms with E-state index in [4.69, 9.17) is 9.47 Å². The number of H-pyrrole nitrogens is 1. The standard InChI is InChI=1S/C20H18N2O2/c1-2-20(23-9-10-24-20)22-8-7-14-12-19-17(11-15(14)13-22)16-5-3-4-6-18(16)21-19/h3-8,11-13H,2,9-10H2,1H3/p+1. The number of rotatable bonds is 2. The molecule has 1 aliphatic heterocycles.